The molecule has 0 amide bonds. The number of anilines is 1. The minimum atomic E-state index is -0.264. The normalized spacial score (nSPS) is 12.8. The first-order valence-electron chi connectivity index (χ1n) is 5.82. The Morgan fingerprint density at radius 1 is 1.47 bits per heavy atom. The first-order valence-corrected chi connectivity index (χ1v) is 5.82. The van der Waals surface area contributed by atoms with Gasteiger partial charge in [-0.3, -0.25) is 0 Å². The van der Waals surface area contributed by atoms with Gasteiger partial charge in [0.1, 0.15) is 5.75 Å². The lowest BCUT2D eigenvalue weighted by Crippen LogP contribution is -2.22. The number of nitrogens with two attached hydrogens (primary N) is 1. The van der Waals surface area contributed by atoms with Crippen molar-refractivity contribution in [2.75, 3.05) is 26.4 Å². The molecule has 1 aromatic carbocycles. The molecule has 1 atom stereocenters. The maximum atomic E-state index is 9.24. The minimum absolute atomic E-state index is 0.264. The van der Waals surface area contributed by atoms with Gasteiger partial charge in [-0.1, -0.05) is 0 Å². The fourth-order valence-electron chi connectivity index (χ4n) is 1.70. The van der Waals surface area contributed by atoms with E-state index in [1.165, 1.54) is 0 Å². The zero-order chi connectivity index (χ0) is 12.8. The predicted octanol–water partition coefficient (Wildman–Crippen LogP) is 1.48. The van der Waals surface area contributed by atoms with Crippen molar-refractivity contribution in [2.45, 2.75) is 26.0 Å². The van der Waals surface area contributed by atoms with Gasteiger partial charge in [-0.2, -0.15) is 0 Å². The lowest BCUT2D eigenvalue weighted by atomic mass is 10.1. The second-order valence-electron chi connectivity index (χ2n) is 4.45. The van der Waals surface area contributed by atoms with Gasteiger partial charge in [-0.15, -0.1) is 0 Å². The average Bonchev–Trinajstić information content (AvgIpc) is 2.27. The Hall–Kier alpha value is -1.26. The van der Waals surface area contributed by atoms with E-state index in [-0.39, 0.29) is 6.10 Å². The van der Waals surface area contributed by atoms with Crippen molar-refractivity contribution in [1.29, 1.82) is 0 Å². The van der Waals surface area contributed by atoms with Crippen molar-refractivity contribution in [3.05, 3.63) is 23.8 Å². The first kappa shape index (κ1) is 13.8. The molecule has 17 heavy (non-hydrogen) atoms. The Kier molecular flexibility index (Phi) is 5.25. The van der Waals surface area contributed by atoms with Gasteiger partial charge in [-0.05, 0) is 38.6 Å². The highest BCUT2D eigenvalue weighted by atomic mass is 16.5. The second kappa shape index (κ2) is 6.47. The van der Waals surface area contributed by atoms with Crippen LogP contribution in [0.2, 0.25) is 0 Å². The predicted molar refractivity (Wildman–Crippen MR) is 70.0 cm³/mol. The number of benzene rings is 1. The summed E-state index contributed by atoms with van der Waals surface area (Å²) in [5, 5.41) is 9.24. The van der Waals surface area contributed by atoms with Gasteiger partial charge in [0.25, 0.3) is 0 Å². The van der Waals surface area contributed by atoms with E-state index >= 15 is 0 Å². The number of ether oxygens (including phenoxy) is 1. The van der Waals surface area contributed by atoms with Crippen molar-refractivity contribution in [3.63, 3.8) is 0 Å². The molecule has 0 radical (unpaired) electrons. The molecule has 0 saturated heterocycles. The quantitative estimate of drug-likeness (QED) is 0.737. The maximum Gasteiger partial charge on any atom is 0.123 e. The minimum Gasteiger partial charge on any atom is -0.496 e. The van der Waals surface area contributed by atoms with Crippen LogP contribution in [0.3, 0.4) is 0 Å². The number of nitrogens with zero attached hydrogens (tertiary/aromatic N) is 1. The number of hydrogen-bond acceptors (Lipinski definition) is 4. The summed E-state index contributed by atoms with van der Waals surface area (Å²) in [4.78, 5) is 2.14. The Bertz CT molecular complexity index is 353. The van der Waals surface area contributed by atoms with Gasteiger partial charge >= 0.3 is 0 Å². The van der Waals surface area contributed by atoms with E-state index in [0.717, 1.165) is 36.5 Å². The molecule has 4 heteroatoms. The molecule has 0 aliphatic carbocycles. The third kappa shape index (κ3) is 4.63. The van der Waals surface area contributed by atoms with E-state index in [1.54, 1.807) is 14.0 Å². The number of aliphatic hydroxyl groups is 1. The van der Waals surface area contributed by atoms with Crippen LogP contribution in [-0.2, 0) is 6.54 Å². The number of methoxy groups -OCH3 is 1. The van der Waals surface area contributed by atoms with E-state index < -0.39 is 0 Å². The largest absolute Gasteiger partial charge is 0.496 e. The fraction of sp³-hybridized carbons (Fsp3) is 0.538. The summed E-state index contributed by atoms with van der Waals surface area (Å²) in [6.45, 7) is 3.41. The summed E-state index contributed by atoms with van der Waals surface area (Å²) in [5.41, 5.74) is 7.58. The molecule has 1 rings (SSSR count). The van der Waals surface area contributed by atoms with Crippen LogP contribution in [0.25, 0.3) is 0 Å². The first-order chi connectivity index (χ1) is 8.02. The maximum absolute atomic E-state index is 9.24. The number of aliphatic hydroxyl groups excluding tert-OH is 1. The van der Waals surface area contributed by atoms with Gasteiger partial charge in [-0.25, -0.2) is 0 Å². The molecule has 0 aliphatic heterocycles. The van der Waals surface area contributed by atoms with Crippen LogP contribution in [-0.4, -0.2) is 36.8 Å². The molecule has 0 spiro atoms. The smallest absolute Gasteiger partial charge is 0.123 e. The van der Waals surface area contributed by atoms with E-state index in [0.29, 0.717) is 0 Å². The van der Waals surface area contributed by atoms with Gasteiger partial charge in [0.05, 0.1) is 13.2 Å². The summed E-state index contributed by atoms with van der Waals surface area (Å²) < 4.78 is 5.30. The van der Waals surface area contributed by atoms with Gasteiger partial charge in [0.15, 0.2) is 0 Å². The van der Waals surface area contributed by atoms with E-state index in [2.05, 4.69) is 4.90 Å². The Labute approximate surface area is 103 Å². The van der Waals surface area contributed by atoms with Gasteiger partial charge < -0.3 is 20.5 Å². The highest BCUT2D eigenvalue weighted by molar-refractivity contribution is 5.47. The van der Waals surface area contributed by atoms with Crippen LogP contribution >= 0.6 is 0 Å². The number of hydrogen-bond donors (Lipinski definition) is 2. The van der Waals surface area contributed by atoms with Crippen LogP contribution < -0.4 is 10.5 Å². The van der Waals surface area contributed by atoms with Crippen molar-refractivity contribution < 1.29 is 9.84 Å². The van der Waals surface area contributed by atoms with Crippen LogP contribution in [0.15, 0.2) is 18.2 Å². The van der Waals surface area contributed by atoms with Crippen molar-refractivity contribution >= 4 is 5.69 Å². The van der Waals surface area contributed by atoms with Gasteiger partial charge in [0.2, 0.25) is 0 Å². The third-order valence-electron chi connectivity index (χ3n) is 2.67. The summed E-state index contributed by atoms with van der Waals surface area (Å²) in [6.07, 6.45) is 0.501. The standard InChI is InChI=1S/C13H22N2O2/c1-10(16)6-7-15(2)9-11-8-12(14)4-5-13(11)17-3/h4-5,8,10,16H,6-7,9,14H2,1-3H3. The Morgan fingerprint density at radius 2 is 2.18 bits per heavy atom. The molecule has 0 saturated carbocycles. The SMILES string of the molecule is COc1ccc(N)cc1CN(C)CCC(C)O. The molecule has 96 valence electrons. The molecule has 0 aliphatic rings. The summed E-state index contributed by atoms with van der Waals surface area (Å²) in [7, 11) is 3.68. The Morgan fingerprint density at radius 3 is 2.76 bits per heavy atom. The molecule has 0 aromatic heterocycles. The monoisotopic (exact) mass is 238 g/mol. The zero-order valence-corrected chi connectivity index (χ0v) is 10.8. The molecule has 4 nitrogen and oxygen atoms in total. The number of nitrogen functional groups attached to an aromatic ring is 1. The van der Waals surface area contributed by atoms with Crippen LogP contribution in [0, 0.1) is 0 Å². The summed E-state index contributed by atoms with van der Waals surface area (Å²) in [5.74, 6) is 0.850. The summed E-state index contributed by atoms with van der Waals surface area (Å²) >= 11 is 0. The summed E-state index contributed by atoms with van der Waals surface area (Å²) in [6, 6.07) is 5.64. The number of rotatable bonds is 6. The van der Waals surface area contributed by atoms with Crippen molar-refractivity contribution in [3.8, 4) is 5.75 Å². The molecular formula is C13H22N2O2. The highest BCUT2D eigenvalue weighted by Gasteiger charge is 2.07. The van der Waals surface area contributed by atoms with E-state index in [4.69, 9.17) is 10.5 Å². The topological polar surface area (TPSA) is 58.7 Å². The molecule has 0 heterocycles. The molecule has 0 bridgehead atoms. The van der Waals surface area contributed by atoms with Crippen LogP contribution in [0.4, 0.5) is 5.69 Å². The molecule has 1 aromatic rings. The average molecular weight is 238 g/mol. The Balaban J connectivity index is 2.63. The molecular weight excluding hydrogens is 216 g/mol. The molecule has 1 unspecified atom stereocenters. The third-order valence-corrected chi connectivity index (χ3v) is 2.67. The van der Waals surface area contributed by atoms with E-state index in [9.17, 15) is 5.11 Å². The highest BCUT2D eigenvalue weighted by Crippen LogP contribution is 2.22. The van der Waals surface area contributed by atoms with Crippen molar-refractivity contribution in [1.82, 2.24) is 4.90 Å². The lowest BCUT2D eigenvalue weighted by molar-refractivity contribution is 0.162. The van der Waals surface area contributed by atoms with Gasteiger partial charge in [0, 0.05) is 24.3 Å². The van der Waals surface area contributed by atoms with Crippen LogP contribution in [0.1, 0.15) is 18.9 Å². The zero-order valence-electron chi connectivity index (χ0n) is 10.8. The fourth-order valence-corrected chi connectivity index (χ4v) is 1.70. The van der Waals surface area contributed by atoms with E-state index in [1.807, 2.05) is 25.2 Å². The lowest BCUT2D eigenvalue weighted by Gasteiger charge is -2.19. The molecule has 0 fully saturated rings. The molecule has 3 N–H and O–H groups in total. The van der Waals surface area contributed by atoms with Crippen LogP contribution in [0.5, 0.6) is 5.75 Å². The second-order valence-corrected chi connectivity index (χ2v) is 4.45. The van der Waals surface area contributed by atoms with Crippen molar-refractivity contribution in [2.24, 2.45) is 0 Å².